The lowest BCUT2D eigenvalue weighted by molar-refractivity contribution is 0.341. The molecule has 1 heterocycles. The molecule has 2 aromatic rings. The first-order valence-electron chi connectivity index (χ1n) is 8.14. The molecule has 1 aliphatic rings. The SMILES string of the molecule is Cc1cn(-c2ccccc2)nc1CNCC1CCCCC1. The van der Waals surface area contributed by atoms with Crippen molar-refractivity contribution in [2.45, 2.75) is 45.6 Å². The summed E-state index contributed by atoms with van der Waals surface area (Å²) in [6.45, 7) is 4.16. The summed E-state index contributed by atoms with van der Waals surface area (Å²) in [4.78, 5) is 0. The lowest BCUT2D eigenvalue weighted by atomic mass is 9.89. The van der Waals surface area contributed by atoms with E-state index in [1.807, 2.05) is 22.9 Å². The largest absolute Gasteiger partial charge is 0.311 e. The molecule has 1 saturated carbocycles. The van der Waals surface area contributed by atoms with Gasteiger partial charge in [0.05, 0.1) is 11.4 Å². The van der Waals surface area contributed by atoms with Gasteiger partial charge < -0.3 is 5.32 Å². The van der Waals surface area contributed by atoms with Crippen LogP contribution in [0.2, 0.25) is 0 Å². The zero-order valence-electron chi connectivity index (χ0n) is 12.9. The van der Waals surface area contributed by atoms with Crippen molar-refractivity contribution < 1.29 is 0 Å². The number of nitrogens with zero attached hydrogens (tertiary/aromatic N) is 2. The number of nitrogens with one attached hydrogen (secondary N) is 1. The van der Waals surface area contributed by atoms with Gasteiger partial charge in [0.15, 0.2) is 0 Å². The number of benzene rings is 1. The summed E-state index contributed by atoms with van der Waals surface area (Å²) in [6.07, 6.45) is 9.15. The third kappa shape index (κ3) is 3.73. The molecule has 0 atom stereocenters. The average molecular weight is 283 g/mol. The van der Waals surface area contributed by atoms with Gasteiger partial charge in [0.1, 0.15) is 0 Å². The number of hydrogen-bond acceptors (Lipinski definition) is 2. The first kappa shape index (κ1) is 14.3. The molecule has 0 saturated heterocycles. The number of rotatable bonds is 5. The van der Waals surface area contributed by atoms with E-state index in [0.29, 0.717) is 0 Å². The molecule has 0 aliphatic heterocycles. The number of para-hydroxylation sites is 1. The fourth-order valence-corrected chi connectivity index (χ4v) is 3.17. The molecule has 0 amide bonds. The van der Waals surface area contributed by atoms with E-state index in [-0.39, 0.29) is 0 Å². The first-order valence-corrected chi connectivity index (χ1v) is 8.14. The molecule has 0 unspecified atom stereocenters. The molecule has 0 radical (unpaired) electrons. The van der Waals surface area contributed by atoms with Crippen LogP contribution >= 0.6 is 0 Å². The Bertz CT molecular complexity index is 553. The Morgan fingerprint density at radius 2 is 1.90 bits per heavy atom. The summed E-state index contributed by atoms with van der Waals surface area (Å²) < 4.78 is 1.98. The summed E-state index contributed by atoms with van der Waals surface area (Å²) >= 11 is 0. The Kier molecular flexibility index (Phi) is 4.71. The van der Waals surface area contributed by atoms with Gasteiger partial charge in [-0.05, 0) is 49.9 Å². The van der Waals surface area contributed by atoms with E-state index in [9.17, 15) is 0 Å². The molecule has 1 N–H and O–H groups in total. The van der Waals surface area contributed by atoms with E-state index in [0.717, 1.165) is 30.4 Å². The van der Waals surface area contributed by atoms with Crippen LogP contribution in [0.25, 0.3) is 5.69 Å². The molecule has 3 rings (SSSR count). The molecular weight excluding hydrogens is 258 g/mol. The molecule has 0 bridgehead atoms. The smallest absolute Gasteiger partial charge is 0.0795 e. The van der Waals surface area contributed by atoms with E-state index < -0.39 is 0 Å². The van der Waals surface area contributed by atoms with Crippen LogP contribution in [0.3, 0.4) is 0 Å². The summed E-state index contributed by atoms with van der Waals surface area (Å²) in [5, 5.41) is 8.32. The minimum absolute atomic E-state index is 0.871. The van der Waals surface area contributed by atoms with Gasteiger partial charge in [-0.1, -0.05) is 37.5 Å². The van der Waals surface area contributed by atoms with E-state index >= 15 is 0 Å². The molecule has 3 nitrogen and oxygen atoms in total. The second-order valence-electron chi connectivity index (χ2n) is 6.17. The highest BCUT2D eigenvalue weighted by molar-refractivity contribution is 5.32. The van der Waals surface area contributed by atoms with Gasteiger partial charge in [-0.2, -0.15) is 5.10 Å². The van der Waals surface area contributed by atoms with E-state index in [4.69, 9.17) is 5.10 Å². The summed E-state index contributed by atoms with van der Waals surface area (Å²) in [5.41, 5.74) is 3.55. The van der Waals surface area contributed by atoms with Crippen LogP contribution in [0.1, 0.15) is 43.4 Å². The van der Waals surface area contributed by atoms with Gasteiger partial charge in [0, 0.05) is 12.7 Å². The van der Waals surface area contributed by atoms with Crippen molar-refractivity contribution in [3.05, 3.63) is 47.8 Å². The van der Waals surface area contributed by atoms with Crippen molar-refractivity contribution in [2.75, 3.05) is 6.54 Å². The van der Waals surface area contributed by atoms with Crippen LogP contribution in [-0.2, 0) is 6.54 Å². The minimum Gasteiger partial charge on any atom is -0.311 e. The van der Waals surface area contributed by atoms with Gasteiger partial charge in [-0.15, -0.1) is 0 Å². The van der Waals surface area contributed by atoms with Gasteiger partial charge >= 0.3 is 0 Å². The lowest BCUT2D eigenvalue weighted by Crippen LogP contribution is -2.24. The highest BCUT2D eigenvalue weighted by atomic mass is 15.3. The maximum atomic E-state index is 4.72. The van der Waals surface area contributed by atoms with Crippen molar-refractivity contribution in [3.63, 3.8) is 0 Å². The highest BCUT2D eigenvalue weighted by Gasteiger charge is 2.13. The molecule has 1 aromatic heterocycles. The predicted molar refractivity (Wildman–Crippen MR) is 86.6 cm³/mol. The van der Waals surface area contributed by atoms with Crippen molar-refractivity contribution in [1.29, 1.82) is 0 Å². The molecule has 1 fully saturated rings. The third-order valence-corrected chi connectivity index (χ3v) is 4.47. The predicted octanol–water partition coefficient (Wildman–Crippen LogP) is 3.85. The van der Waals surface area contributed by atoms with Crippen molar-refractivity contribution >= 4 is 0 Å². The quantitative estimate of drug-likeness (QED) is 0.903. The monoisotopic (exact) mass is 283 g/mol. The second kappa shape index (κ2) is 6.90. The van der Waals surface area contributed by atoms with E-state index in [1.54, 1.807) is 0 Å². The Hall–Kier alpha value is -1.61. The summed E-state index contributed by atoms with van der Waals surface area (Å²) in [6, 6.07) is 10.3. The topological polar surface area (TPSA) is 29.9 Å². The van der Waals surface area contributed by atoms with Crippen LogP contribution in [-0.4, -0.2) is 16.3 Å². The molecule has 1 aliphatic carbocycles. The van der Waals surface area contributed by atoms with Gasteiger partial charge in [0.2, 0.25) is 0 Å². The second-order valence-corrected chi connectivity index (χ2v) is 6.17. The van der Waals surface area contributed by atoms with E-state index in [2.05, 4.69) is 30.6 Å². The van der Waals surface area contributed by atoms with Gasteiger partial charge in [-0.3, -0.25) is 0 Å². The molecule has 1 aromatic carbocycles. The fraction of sp³-hybridized carbons (Fsp3) is 0.500. The van der Waals surface area contributed by atoms with Crippen LogP contribution in [0.5, 0.6) is 0 Å². The van der Waals surface area contributed by atoms with Crippen LogP contribution in [0.4, 0.5) is 0 Å². The average Bonchev–Trinajstić information content (AvgIpc) is 2.91. The van der Waals surface area contributed by atoms with Crippen molar-refractivity contribution in [1.82, 2.24) is 15.1 Å². The maximum absolute atomic E-state index is 4.72. The minimum atomic E-state index is 0.871. The molecule has 21 heavy (non-hydrogen) atoms. The molecular formula is C18H25N3. The van der Waals surface area contributed by atoms with Crippen LogP contribution in [0, 0.1) is 12.8 Å². The summed E-state index contributed by atoms with van der Waals surface area (Å²) in [5.74, 6) is 0.871. The number of aromatic nitrogens is 2. The zero-order valence-corrected chi connectivity index (χ0v) is 12.9. The third-order valence-electron chi connectivity index (χ3n) is 4.47. The maximum Gasteiger partial charge on any atom is 0.0795 e. The lowest BCUT2D eigenvalue weighted by Gasteiger charge is -2.21. The Balaban J connectivity index is 1.57. The zero-order chi connectivity index (χ0) is 14.5. The molecule has 0 spiro atoms. The van der Waals surface area contributed by atoms with Gasteiger partial charge in [0.25, 0.3) is 0 Å². The fourth-order valence-electron chi connectivity index (χ4n) is 3.17. The standard InChI is InChI=1S/C18H25N3/c1-15-14-21(17-10-6-3-7-11-17)20-18(15)13-19-12-16-8-4-2-5-9-16/h3,6-7,10-11,14,16,19H,2,4-5,8-9,12-13H2,1H3. The normalized spacial score (nSPS) is 16.2. The molecule has 112 valence electrons. The molecule has 3 heteroatoms. The number of aryl methyl sites for hydroxylation is 1. The first-order chi connectivity index (χ1) is 10.3. The van der Waals surface area contributed by atoms with Gasteiger partial charge in [-0.25, -0.2) is 4.68 Å². The highest BCUT2D eigenvalue weighted by Crippen LogP contribution is 2.22. The summed E-state index contributed by atoms with van der Waals surface area (Å²) in [7, 11) is 0. The van der Waals surface area contributed by atoms with E-state index in [1.165, 1.54) is 37.7 Å². The van der Waals surface area contributed by atoms with Crippen molar-refractivity contribution in [3.8, 4) is 5.69 Å². The number of hydrogen-bond donors (Lipinski definition) is 1. The van der Waals surface area contributed by atoms with Crippen LogP contribution < -0.4 is 5.32 Å². The Labute approximate surface area is 127 Å². The Morgan fingerprint density at radius 1 is 1.14 bits per heavy atom. The Morgan fingerprint density at radius 3 is 2.67 bits per heavy atom. The van der Waals surface area contributed by atoms with Crippen molar-refractivity contribution in [2.24, 2.45) is 5.92 Å². The van der Waals surface area contributed by atoms with Crippen LogP contribution in [0.15, 0.2) is 36.5 Å².